The Bertz CT molecular complexity index is 616. The first kappa shape index (κ1) is 15.9. The number of amides is 1. The molecule has 1 heterocycles. The summed E-state index contributed by atoms with van der Waals surface area (Å²) in [6, 6.07) is 6.48. The molecule has 0 aliphatic carbocycles. The lowest BCUT2D eigenvalue weighted by Gasteiger charge is -2.03. The number of thioether (sulfide) groups is 1. The standard InChI is InChI=1S/C14H16FN3OS2/c1-9(2)20-14-18-17-13(21-14)16-12(19)8-7-10-5-3-4-6-11(10)15/h3-6,9H,7-8H2,1-2H3,(H,16,17,19). The van der Waals surface area contributed by atoms with E-state index in [9.17, 15) is 9.18 Å². The first-order valence-electron chi connectivity index (χ1n) is 6.58. The van der Waals surface area contributed by atoms with Crippen molar-refractivity contribution >= 4 is 34.1 Å². The number of carbonyl (C=O) groups is 1. The average Bonchev–Trinajstić information content (AvgIpc) is 2.84. The highest BCUT2D eigenvalue weighted by Gasteiger charge is 2.10. The summed E-state index contributed by atoms with van der Waals surface area (Å²) in [5, 5.41) is 11.5. The van der Waals surface area contributed by atoms with Crippen LogP contribution in [0.3, 0.4) is 0 Å². The van der Waals surface area contributed by atoms with E-state index in [1.165, 1.54) is 17.4 Å². The Morgan fingerprint density at radius 1 is 1.38 bits per heavy atom. The van der Waals surface area contributed by atoms with Crippen molar-refractivity contribution in [1.82, 2.24) is 10.2 Å². The maximum Gasteiger partial charge on any atom is 0.226 e. The van der Waals surface area contributed by atoms with Gasteiger partial charge in [-0.3, -0.25) is 4.79 Å². The minimum absolute atomic E-state index is 0.185. The summed E-state index contributed by atoms with van der Waals surface area (Å²) in [6.45, 7) is 4.14. The molecule has 1 aromatic heterocycles. The zero-order valence-corrected chi connectivity index (χ0v) is 13.4. The summed E-state index contributed by atoms with van der Waals surface area (Å²) in [4.78, 5) is 11.8. The highest BCUT2D eigenvalue weighted by atomic mass is 32.2. The number of hydrogen-bond donors (Lipinski definition) is 1. The third-order valence-electron chi connectivity index (χ3n) is 2.57. The number of aromatic nitrogens is 2. The molecular formula is C14H16FN3OS2. The first-order valence-corrected chi connectivity index (χ1v) is 8.27. The van der Waals surface area contributed by atoms with Gasteiger partial charge in [-0.05, 0) is 18.1 Å². The quantitative estimate of drug-likeness (QED) is 0.649. The fraction of sp³-hybridized carbons (Fsp3) is 0.357. The number of hydrogen-bond acceptors (Lipinski definition) is 5. The van der Waals surface area contributed by atoms with Crippen LogP contribution < -0.4 is 5.32 Å². The van der Waals surface area contributed by atoms with Crippen LogP contribution in [0.2, 0.25) is 0 Å². The molecule has 4 nitrogen and oxygen atoms in total. The molecule has 1 aromatic carbocycles. The number of nitrogens with one attached hydrogen (secondary N) is 1. The normalized spacial score (nSPS) is 10.9. The predicted octanol–water partition coefficient (Wildman–Crippen LogP) is 3.75. The maximum absolute atomic E-state index is 13.4. The van der Waals surface area contributed by atoms with Gasteiger partial charge in [-0.1, -0.05) is 55.1 Å². The minimum Gasteiger partial charge on any atom is -0.300 e. The second kappa shape index (κ2) is 7.51. The largest absolute Gasteiger partial charge is 0.300 e. The first-order chi connectivity index (χ1) is 10.0. The van der Waals surface area contributed by atoms with E-state index >= 15 is 0 Å². The molecule has 0 aliphatic rings. The SMILES string of the molecule is CC(C)Sc1nnc(NC(=O)CCc2ccccc2F)s1. The number of rotatable bonds is 6. The van der Waals surface area contributed by atoms with E-state index in [4.69, 9.17) is 0 Å². The molecule has 1 amide bonds. The van der Waals surface area contributed by atoms with Gasteiger partial charge in [0.1, 0.15) is 5.82 Å². The highest BCUT2D eigenvalue weighted by molar-refractivity contribution is 8.01. The van der Waals surface area contributed by atoms with E-state index in [-0.39, 0.29) is 18.1 Å². The molecule has 2 aromatic rings. The van der Waals surface area contributed by atoms with Gasteiger partial charge in [-0.25, -0.2) is 4.39 Å². The molecule has 1 N–H and O–H groups in total. The van der Waals surface area contributed by atoms with Crippen LogP contribution in [0.25, 0.3) is 0 Å². The lowest BCUT2D eigenvalue weighted by molar-refractivity contribution is -0.116. The molecule has 0 fully saturated rings. The smallest absolute Gasteiger partial charge is 0.226 e. The summed E-state index contributed by atoms with van der Waals surface area (Å²) < 4.78 is 14.3. The van der Waals surface area contributed by atoms with Gasteiger partial charge in [-0.2, -0.15) is 0 Å². The Kier molecular flexibility index (Phi) is 5.69. The van der Waals surface area contributed by atoms with Gasteiger partial charge in [0.2, 0.25) is 11.0 Å². The van der Waals surface area contributed by atoms with Crippen LogP contribution in [0.1, 0.15) is 25.8 Å². The van der Waals surface area contributed by atoms with Crippen LogP contribution in [0.4, 0.5) is 9.52 Å². The van der Waals surface area contributed by atoms with Crippen molar-refractivity contribution in [2.24, 2.45) is 0 Å². The van der Waals surface area contributed by atoms with E-state index in [1.54, 1.807) is 30.0 Å². The van der Waals surface area contributed by atoms with Gasteiger partial charge in [0.25, 0.3) is 0 Å². The van der Waals surface area contributed by atoms with E-state index in [0.29, 0.717) is 22.4 Å². The van der Waals surface area contributed by atoms with Gasteiger partial charge in [-0.15, -0.1) is 10.2 Å². The van der Waals surface area contributed by atoms with Crippen LogP contribution in [0, 0.1) is 5.82 Å². The van der Waals surface area contributed by atoms with Crippen molar-refractivity contribution in [3.05, 3.63) is 35.6 Å². The number of carbonyl (C=O) groups excluding carboxylic acids is 1. The summed E-state index contributed by atoms with van der Waals surface area (Å²) in [7, 11) is 0. The Labute approximate surface area is 131 Å². The molecule has 0 saturated heterocycles. The number of aryl methyl sites for hydroxylation is 1. The lowest BCUT2D eigenvalue weighted by Crippen LogP contribution is -2.12. The Balaban J connectivity index is 1.84. The zero-order chi connectivity index (χ0) is 15.2. The van der Waals surface area contributed by atoms with Gasteiger partial charge in [0.15, 0.2) is 4.34 Å². The lowest BCUT2D eigenvalue weighted by atomic mass is 10.1. The van der Waals surface area contributed by atoms with E-state index in [0.717, 1.165) is 4.34 Å². The molecule has 21 heavy (non-hydrogen) atoms. The molecule has 112 valence electrons. The molecule has 0 unspecified atom stereocenters. The van der Waals surface area contributed by atoms with Crippen LogP contribution in [0.5, 0.6) is 0 Å². The van der Waals surface area contributed by atoms with Crippen molar-refractivity contribution < 1.29 is 9.18 Å². The average molecular weight is 325 g/mol. The highest BCUT2D eigenvalue weighted by Crippen LogP contribution is 2.28. The summed E-state index contributed by atoms with van der Waals surface area (Å²) >= 11 is 2.95. The summed E-state index contributed by atoms with van der Waals surface area (Å²) in [5.74, 6) is -0.465. The Hall–Kier alpha value is -1.47. The molecule has 0 atom stereocenters. The molecule has 0 bridgehead atoms. The maximum atomic E-state index is 13.4. The monoisotopic (exact) mass is 325 g/mol. The molecule has 2 rings (SSSR count). The predicted molar refractivity (Wildman–Crippen MR) is 84.3 cm³/mol. The van der Waals surface area contributed by atoms with Crippen molar-refractivity contribution in [1.29, 1.82) is 0 Å². The van der Waals surface area contributed by atoms with E-state index in [2.05, 4.69) is 29.4 Å². The number of anilines is 1. The fourth-order valence-corrected chi connectivity index (χ4v) is 3.63. The fourth-order valence-electron chi connectivity index (χ4n) is 1.64. The van der Waals surface area contributed by atoms with E-state index < -0.39 is 0 Å². The van der Waals surface area contributed by atoms with Crippen molar-refractivity contribution in [3.63, 3.8) is 0 Å². The molecule has 0 radical (unpaired) electrons. The van der Waals surface area contributed by atoms with Gasteiger partial charge < -0.3 is 5.32 Å². The van der Waals surface area contributed by atoms with E-state index in [1.807, 2.05) is 0 Å². The third-order valence-corrected chi connectivity index (χ3v) is 4.50. The summed E-state index contributed by atoms with van der Waals surface area (Å²) in [6.07, 6.45) is 0.581. The van der Waals surface area contributed by atoms with Gasteiger partial charge in [0.05, 0.1) is 0 Å². The minimum atomic E-state index is -0.281. The number of halogens is 1. The van der Waals surface area contributed by atoms with Crippen molar-refractivity contribution in [2.75, 3.05) is 5.32 Å². The Morgan fingerprint density at radius 2 is 2.14 bits per heavy atom. The second-order valence-electron chi connectivity index (χ2n) is 4.68. The number of nitrogens with zero attached hydrogens (tertiary/aromatic N) is 2. The number of benzene rings is 1. The topological polar surface area (TPSA) is 54.9 Å². The Morgan fingerprint density at radius 3 is 2.86 bits per heavy atom. The van der Waals surface area contributed by atoms with Crippen molar-refractivity contribution in [2.45, 2.75) is 36.3 Å². The zero-order valence-electron chi connectivity index (χ0n) is 11.8. The molecule has 0 spiro atoms. The van der Waals surface area contributed by atoms with Crippen LogP contribution in [0.15, 0.2) is 28.6 Å². The van der Waals surface area contributed by atoms with Gasteiger partial charge >= 0.3 is 0 Å². The van der Waals surface area contributed by atoms with Crippen LogP contribution in [-0.2, 0) is 11.2 Å². The van der Waals surface area contributed by atoms with Crippen LogP contribution >= 0.6 is 23.1 Å². The van der Waals surface area contributed by atoms with Crippen molar-refractivity contribution in [3.8, 4) is 0 Å². The third kappa shape index (κ3) is 5.09. The molecule has 7 heteroatoms. The molecule has 0 aliphatic heterocycles. The van der Waals surface area contributed by atoms with Gasteiger partial charge in [0, 0.05) is 11.7 Å². The molecule has 0 saturated carbocycles. The summed E-state index contributed by atoms with van der Waals surface area (Å²) in [5.41, 5.74) is 0.543. The second-order valence-corrected chi connectivity index (χ2v) is 7.48. The molecular weight excluding hydrogens is 309 g/mol. The van der Waals surface area contributed by atoms with Crippen LogP contribution in [-0.4, -0.2) is 21.4 Å².